The molecule has 31 heavy (non-hydrogen) atoms. The first-order valence-electron chi connectivity index (χ1n) is 10.1. The van der Waals surface area contributed by atoms with Gasteiger partial charge in [0.1, 0.15) is 6.07 Å². The summed E-state index contributed by atoms with van der Waals surface area (Å²) in [4.78, 5) is 15.3. The Kier molecular flexibility index (Phi) is 4.92. The first-order valence-corrected chi connectivity index (χ1v) is 10.1. The van der Waals surface area contributed by atoms with Gasteiger partial charge in [0.05, 0.1) is 43.0 Å². The van der Waals surface area contributed by atoms with Crippen molar-refractivity contribution in [3.05, 3.63) is 17.4 Å². The van der Waals surface area contributed by atoms with Gasteiger partial charge < -0.3 is 28.4 Å². The Bertz CT molecular complexity index is 1050. The normalized spacial score (nSPS) is 27.2. The predicted molar refractivity (Wildman–Crippen MR) is 104 cm³/mol. The Hall–Kier alpha value is -2.94. The predicted octanol–water partition coefficient (Wildman–Crippen LogP) is 2.47. The molecule has 0 radical (unpaired) electrons. The lowest BCUT2D eigenvalue weighted by Crippen LogP contribution is -2.46. The molecule has 3 saturated heterocycles. The Morgan fingerprint density at radius 1 is 1.19 bits per heavy atom. The molecule has 10 nitrogen and oxygen atoms in total. The molecule has 11 heteroatoms. The number of hydrogen-bond acceptors (Lipinski definition) is 9. The third-order valence-electron chi connectivity index (χ3n) is 5.51. The van der Waals surface area contributed by atoms with Crippen molar-refractivity contribution >= 4 is 28.6 Å². The van der Waals surface area contributed by atoms with Crippen LogP contribution in [-0.2, 0) is 18.9 Å². The van der Waals surface area contributed by atoms with Gasteiger partial charge in [0.25, 0.3) is 0 Å². The average molecular weight is 432 g/mol. The van der Waals surface area contributed by atoms with Crippen molar-refractivity contribution in [1.29, 1.82) is 5.26 Å². The SMILES string of the molecule is CC1CN(c2c(C3OCCO3)cc3c(N4CC(C#N)OC4=O)noc3c2F)CC(C)O1. The molecule has 1 aromatic carbocycles. The van der Waals surface area contributed by atoms with Crippen LogP contribution in [0, 0.1) is 17.1 Å². The Labute approximate surface area is 176 Å². The summed E-state index contributed by atoms with van der Waals surface area (Å²) < 4.78 is 43.3. The second-order valence-electron chi connectivity index (χ2n) is 7.86. The van der Waals surface area contributed by atoms with Crippen LogP contribution in [0.1, 0.15) is 25.7 Å². The van der Waals surface area contributed by atoms with Gasteiger partial charge in [0.15, 0.2) is 17.9 Å². The van der Waals surface area contributed by atoms with Crippen molar-refractivity contribution < 1.29 is 32.7 Å². The summed E-state index contributed by atoms with van der Waals surface area (Å²) in [5.41, 5.74) is 0.701. The van der Waals surface area contributed by atoms with Gasteiger partial charge in [-0.1, -0.05) is 5.16 Å². The molecule has 164 valence electrons. The van der Waals surface area contributed by atoms with Crippen LogP contribution in [0.4, 0.5) is 20.7 Å². The number of fused-ring (bicyclic) bond motifs is 1. The second kappa shape index (κ2) is 7.64. The fourth-order valence-electron chi connectivity index (χ4n) is 4.33. The summed E-state index contributed by atoms with van der Waals surface area (Å²) in [7, 11) is 0. The van der Waals surface area contributed by atoms with Crippen LogP contribution in [0.25, 0.3) is 11.0 Å². The van der Waals surface area contributed by atoms with Crippen molar-refractivity contribution in [2.45, 2.75) is 38.4 Å². The fraction of sp³-hybridized carbons (Fsp3) is 0.550. The van der Waals surface area contributed by atoms with Crippen LogP contribution < -0.4 is 9.80 Å². The summed E-state index contributed by atoms with van der Waals surface area (Å²) in [5.74, 6) is -0.526. The summed E-state index contributed by atoms with van der Waals surface area (Å²) >= 11 is 0. The average Bonchev–Trinajstić information content (AvgIpc) is 3.46. The van der Waals surface area contributed by atoms with Crippen molar-refractivity contribution in [3.8, 4) is 6.07 Å². The Morgan fingerprint density at radius 3 is 2.55 bits per heavy atom. The lowest BCUT2D eigenvalue weighted by molar-refractivity contribution is -0.0445. The molecule has 0 bridgehead atoms. The molecule has 3 aliphatic heterocycles. The van der Waals surface area contributed by atoms with E-state index in [2.05, 4.69) is 5.16 Å². The van der Waals surface area contributed by atoms with Gasteiger partial charge in [0, 0.05) is 18.7 Å². The minimum Gasteiger partial charge on any atom is -0.428 e. The number of aromatic nitrogens is 1. The first-order chi connectivity index (χ1) is 15.0. The van der Waals surface area contributed by atoms with Gasteiger partial charge in [-0.2, -0.15) is 5.26 Å². The molecule has 0 spiro atoms. The van der Waals surface area contributed by atoms with E-state index in [1.54, 1.807) is 6.07 Å². The highest BCUT2D eigenvalue weighted by Crippen LogP contribution is 2.42. The third kappa shape index (κ3) is 3.37. The number of amides is 1. The van der Waals surface area contributed by atoms with Crippen LogP contribution in [0.15, 0.2) is 10.6 Å². The Balaban J connectivity index is 1.64. The molecule has 0 N–H and O–H groups in total. The molecular weight excluding hydrogens is 411 g/mol. The molecule has 3 unspecified atom stereocenters. The van der Waals surface area contributed by atoms with E-state index in [0.717, 1.165) is 4.90 Å². The van der Waals surface area contributed by atoms with Gasteiger partial charge >= 0.3 is 6.09 Å². The van der Waals surface area contributed by atoms with Crippen LogP contribution in [0.2, 0.25) is 0 Å². The molecule has 4 heterocycles. The molecule has 1 aromatic heterocycles. The van der Waals surface area contributed by atoms with Gasteiger partial charge in [-0.15, -0.1) is 0 Å². The first kappa shape index (κ1) is 20.0. The highest BCUT2D eigenvalue weighted by atomic mass is 19.1. The molecule has 1 amide bonds. The van der Waals surface area contributed by atoms with E-state index in [0.29, 0.717) is 37.6 Å². The minimum atomic E-state index is -0.930. The van der Waals surface area contributed by atoms with E-state index in [1.165, 1.54) is 0 Å². The van der Waals surface area contributed by atoms with Crippen molar-refractivity contribution in [1.82, 2.24) is 5.16 Å². The van der Waals surface area contributed by atoms with Gasteiger partial charge in [-0.25, -0.2) is 9.18 Å². The number of carbonyl (C=O) groups is 1. The van der Waals surface area contributed by atoms with E-state index >= 15 is 4.39 Å². The van der Waals surface area contributed by atoms with Crippen LogP contribution in [-0.4, -0.2) is 62.4 Å². The maximum atomic E-state index is 15.8. The van der Waals surface area contributed by atoms with Gasteiger partial charge in [-0.3, -0.25) is 4.90 Å². The molecule has 3 aliphatic rings. The van der Waals surface area contributed by atoms with Crippen LogP contribution in [0.5, 0.6) is 0 Å². The minimum absolute atomic E-state index is 0.0232. The zero-order valence-electron chi connectivity index (χ0n) is 17.0. The summed E-state index contributed by atoms with van der Waals surface area (Å²) in [6.07, 6.45) is -2.62. The molecule has 3 fully saturated rings. The van der Waals surface area contributed by atoms with Crippen molar-refractivity contribution in [2.75, 3.05) is 42.6 Å². The topological polar surface area (TPSA) is 110 Å². The largest absolute Gasteiger partial charge is 0.428 e. The number of hydrogen-bond donors (Lipinski definition) is 0. The maximum absolute atomic E-state index is 15.8. The van der Waals surface area contributed by atoms with Crippen LogP contribution >= 0.6 is 0 Å². The smallest absolute Gasteiger partial charge is 0.417 e. The molecule has 5 rings (SSSR count). The monoisotopic (exact) mass is 432 g/mol. The van der Waals surface area contributed by atoms with Crippen LogP contribution in [0.3, 0.4) is 0 Å². The molecule has 3 atom stereocenters. The van der Waals surface area contributed by atoms with E-state index in [-0.39, 0.29) is 35.5 Å². The number of benzene rings is 1. The van der Waals surface area contributed by atoms with Crippen molar-refractivity contribution in [3.63, 3.8) is 0 Å². The standard InChI is InChI=1S/C20H21FN4O6/c1-10-7-24(8-11(2)29-10)16-13(19-27-3-4-28-19)5-14-17(15(16)21)31-23-18(14)25-9-12(6-22)30-20(25)26/h5,10-12,19H,3-4,7-9H2,1-2H3. The lowest BCUT2D eigenvalue weighted by atomic mass is 10.0. The number of carbonyl (C=O) groups excluding carboxylic acids is 1. The Morgan fingerprint density at radius 2 is 1.90 bits per heavy atom. The molecule has 0 aliphatic carbocycles. The number of rotatable bonds is 3. The highest BCUT2D eigenvalue weighted by molar-refractivity contribution is 6.00. The zero-order valence-corrected chi connectivity index (χ0v) is 17.0. The van der Waals surface area contributed by atoms with E-state index in [9.17, 15) is 4.79 Å². The van der Waals surface area contributed by atoms with Crippen molar-refractivity contribution in [2.24, 2.45) is 0 Å². The van der Waals surface area contributed by atoms with E-state index in [1.807, 2.05) is 24.8 Å². The fourth-order valence-corrected chi connectivity index (χ4v) is 4.33. The molecule has 0 saturated carbocycles. The summed E-state index contributed by atoms with van der Waals surface area (Å²) in [5, 5.41) is 13.3. The zero-order chi connectivity index (χ0) is 21.7. The number of nitrogens with zero attached hydrogens (tertiary/aromatic N) is 4. The number of halogens is 1. The molecule has 2 aromatic rings. The molecular formula is C20H21FN4O6. The number of ether oxygens (including phenoxy) is 4. The third-order valence-corrected chi connectivity index (χ3v) is 5.51. The summed E-state index contributed by atoms with van der Waals surface area (Å²) in [6.45, 7) is 5.57. The lowest BCUT2D eigenvalue weighted by Gasteiger charge is -2.38. The summed E-state index contributed by atoms with van der Waals surface area (Å²) in [6, 6.07) is 3.56. The number of anilines is 2. The van der Waals surface area contributed by atoms with E-state index < -0.39 is 24.3 Å². The number of cyclic esters (lactones) is 1. The van der Waals surface area contributed by atoms with E-state index in [4.69, 9.17) is 28.7 Å². The quantitative estimate of drug-likeness (QED) is 0.722. The maximum Gasteiger partial charge on any atom is 0.417 e. The highest BCUT2D eigenvalue weighted by Gasteiger charge is 2.38. The second-order valence-corrected chi connectivity index (χ2v) is 7.86. The van der Waals surface area contributed by atoms with Gasteiger partial charge in [-0.05, 0) is 19.9 Å². The number of morpholine rings is 1. The number of nitriles is 1. The van der Waals surface area contributed by atoms with Gasteiger partial charge in [0.2, 0.25) is 11.7 Å².